The van der Waals surface area contributed by atoms with Gasteiger partial charge in [0.15, 0.2) is 9.84 Å². The molecule has 9 heteroatoms. The minimum Gasteiger partial charge on any atom is -0.375 e. The zero-order valence-corrected chi connectivity index (χ0v) is 21.2. The molecule has 2 aromatic rings. The molecule has 1 aromatic heterocycles. The van der Waals surface area contributed by atoms with E-state index in [1.807, 2.05) is 4.90 Å². The van der Waals surface area contributed by atoms with Crippen LogP contribution in [0.4, 0.5) is 21.7 Å². The Morgan fingerprint density at radius 2 is 1.94 bits per heavy atom. The van der Waals surface area contributed by atoms with Gasteiger partial charge in [-0.05, 0) is 76.0 Å². The summed E-state index contributed by atoms with van der Waals surface area (Å²) in [7, 11) is -1.37. The molecule has 5 rings (SSSR count). The summed E-state index contributed by atoms with van der Waals surface area (Å²) in [6.07, 6.45) is 8.96. The summed E-state index contributed by atoms with van der Waals surface area (Å²) in [5, 5.41) is 0. The molecular weight excluding hydrogens is 455 g/mol. The first-order valence-electron chi connectivity index (χ1n) is 12.0. The number of hydrogen-bond donors (Lipinski definition) is 0. The predicted molar refractivity (Wildman–Crippen MR) is 130 cm³/mol. The van der Waals surface area contributed by atoms with Crippen molar-refractivity contribution in [3.8, 4) is 0 Å². The lowest BCUT2D eigenvalue weighted by atomic mass is 9.69. The van der Waals surface area contributed by atoms with Crippen molar-refractivity contribution in [2.24, 2.45) is 5.41 Å². The van der Waals surface area contributed by atoms with E-state index in [0.29, 0.717) is 35.9 Å². The summed E-state index contributed by atoms with van der Waals surface area (Å²) in [6, 6.07) is 4.46. The van der Waals surface area contributed by atoms with Crippen LogP contribution in [0.2, 0.25) is 0 Å². The maximum Gasteiger partial charge on any atom is 0.175 e. The highest BCUT2D eigenvalue weighted by molar-refractivity contribution is 7.90. The fraction of sp³-hybridized carbons (Fsp3) is 0.600. The van der Waals surface area contributed by atoms with Gasteiger partial charge in [0.1, 0.15) is 23.8 Å². The lowest BCUT2D eigenvalue weighted by molar-refractivity contribution is 0.0281. The maximum absolute atomic E-state index is 14.9. The molecule has 34 heavy (non-hydrogen) atoms. The molecule has 1 aromatic carbocycles. The fourth-order valence-electron chi connectivity index (χ4n) is 6.11. The number of benzene rings is 1. The SMILES string of the molecule is CN(c1ncnc2c1CCN2c1ccc(S(C)(=O)=O)cc1F)C1CCC2(CC1)COC(C)(C)C2. The van der Waals surface area contributed by atoms with E-state index in [2.05, 4.69) is 35.8 Å². The van der Waals surface area contributed by atoms with Crippen LogP contribution >= 0.6 is 0 Å². The van der Waals surface area contributed by atoms with E-state index >= 15 is 0 Å². The summed E-state index contributed by atoms with van der Waals surface area (Å²) in [6.45, 7) is 5.81. The molecule has 0 N–H and O–H groups in total. The number of nitrogens with zero attached hydrogens (tertiary/aromatic N) is 4. The number of hydrogen-bond acceptors (Lipinski definition) is 7. The zero-order chi connectivity index (χ0) is 24.3. The van der Waals surface area contributed by atoms with Gasteiger partial charge in [-0.2, -0.15) is 0 Å². The molecule has 3 aliphatic rings. The highest BCUT2D eigenvalue weighted by atomic mass is 32.2. The number of rotatable bonds is 4. The predicted octanol–water partition coefficient (Wildman–Crippen LogP) is 4.28. The number of sulfone groups is 1. The first-order valence-corrected chi connectivity index (χ1v) is 13.9. The van der Waals surface area contributed by atoms with Gasteiger partial charge >= 0.3 is 0 Å². The van der Waals surface area contributed by atoms with Crippen molar-refractivity contribution < 1.29 is 17.5 Å². The van der Waals surface area contributed by atoms with Gasteiger partial charge in [0.2, 0.25) is 0 Å². The monoisotopic (exact) mass is 488 g/mol. The Kier molecular flexibility index (Phi) is 5.63. The molecule has 1 spiro atoms. The van der Waals surface area contributed by atoms with Crippen LogP contribution in [0.1, 0.15) is 51.5 Å². The summed E-state index contributed by atoms with van der Waals surface area (Å²) in [5.74, 6) is 1.04. The molecule has 0 atom stereocenters. The van der Waals surface area contributed by atoms with Crippen molar-refractivity contribution in [3.63, 3.8) is 0 Å². The van der Waals surface area contributed by atoms with E-state index in [1.165, 1.54) is 12.1 Å². The molecular formula is C25H33FN4O3S. The van der Waals surface area contributed by atoms with Gasteiger partial charge in [0.05, 0.1) is 22.8 Å². The average molecular weight is 489 g/mol. The molecule has 3 heterocycles. The van der Waals surface area contributed by atoms with Crippen molar-refractivity contribution in [2.75, 3.05) is 36.3 Å². The molecule has 184 valence electrons. The topological polar surface area (TPSA) is 75.6 Å². The van der Waals surface area contributed by atoms with E-state index in [1.54, 1.807) is 6.33 Å². The lowest BCUT2D eigenvalue weighted by Gasteiger charge is -2.41. The van der Waals surface area contributed by atoms with Crippen LogP contribution in [0, 0.1) is 11.2 Å². The van der Waals surface area contributed by atoms with Crippen molar-refractivity contribution in [2.45, 2.75) is 68.9 Å². The fourth-order valence-corrected chi connectivity index (χ4v) is 6.74. The van der Waals surface area contributed by atoms with Crippen LogP contribution in [0.15, 0.2) is 29.4 Å². The van der Waals surface area contributed by atoms with Gasteiger partial charge in [-0.25, -0.2) is 22.8 Å². The van der Waals surface area contributed by atoms with Gasteiger partial charge in [0, 0.05) is 31.5 Å². The van der Waals surface area contributed by atoms with E-state index in [0.717, 1.165) is 62.4 Å². The van der Waals surface area contributed by atoms with Crippen LogP contribution in [0.5, 0.6) is 0 Å². The highest BCUT2D eigenvalue weighted by Crippen LogP contribution is 2.50. The van der Waals surface area contributed by atoms with Crippen LogP contribution in [-0.2, 0) is 21.0 Å². The van der Waals surface area contributed by atoms with E-state index in [-0.39, 0.29) is 10.5 Å². The van der Waals surface area contributed by atoms with Crippen molar-refractivity contribution in [1.29, 1.82) is 0 Å². The van der Waals surface area contributed by atoms with Crippen molar-refractivity contribution in [1.82, 2.24) is 9.97 Å². The summed E-state index contributed by atoms with van der Waals surface area (Å²) >= 11 is 0. The molecule has 2 aliphatic heterocycles. The van der Waals surface area contributed by atoms with Gasteiger partial charge in [-0.15, -0.1) is 0 Å². The van der Waals surface area contributed by atoms with E-state index in [4.69, 9.17) is 4.74 Å². The smallest absolute Gasteiger partial charge is 0.175 e. The Morgan fingerprint density at radius 1 is 1.21 bits per heavy atom. The van der Waals surface area contributed by atoms with Gasteiger partial charge in [-0.1, -0.05) is 0 Å². The normalized spacial score (nSPS) is 26.1. The molecule has 1 saturated carbocycles. The third-order valence-electron chi connectivity index (χ3n) is 7.85. The van der Waals surface area contributed by atoms with Gasteiger partial charge in [0.25, 0.3) is 0 Å². The number of anilines is 3. The molecule has 1 aliphatic carbocycles. The second kappa shape index (κ2) is 8.16. The summed E-state index contributed by atoms with van der Waals surface area (Å²) in [5.41, 5.74) is 1.63. The molecule has 1 saturated heterocycles. The Morgan fingerprint density at radius 3 is 2.56 bits per heavy atom. The number of fused-ring (bicyclic) bond motifs is 1. The third-order valence-corrected chi connectivity index (χ3v) is 8.96. The standard InChI is InChI=1S/C25H33FN4O3S/c1-24(2)14-25(15-33-24)10-7-17(8-11-25)29(3)22-19-9-12-30(23(19)28-16-27-22)21-6-5-18(13-20(21)26)34(4,31)32/h5-6,13,16-17H,7-12,14-15H2,1-4H3. The van der Waals surface area contributed by atoms with Crippen LogP contribution in [0.3, 0.4) is 0 Å². The number of ether oxygens (including phenoxy) is 1. The largest absolute Gasteiger partial charge is 0.375 e. The molecule has 0 radical (unpaired) electrons. The first kappa shape index (κ1) is 23.5. The Hall–Kier alpha value is -2.26. The van der Waals surface area contributed by atoms with Crippen molar-refractivity contribution in [3.05, 3.63) is 35.9 Å². The second-order valence-electron chi connectivity index (χ2n) is 10.9. The van der Waals surface area contributed by atoms with E-state index < -0.39 is 15.7 Å². The Bertz CT molecular complexity index is 1210. The van der Waals surface area contributed by atoms with Crippen molar-refractivity contribution >= 4 is 27.2 Å². The minimum absolute atomic E-state index is 0.0233. The van der Waals surface area contributed by atoms with Gasteiger partial charge in [-0.3, -0.25) is 0 Å². The van der Waals surface area contributed by atoms with Gasteiger partial charge < -0.3 is 14.5 Å². The van der Waals surface area contributed by atoms with Crippen LogP contribution in [0.25, 0.3) is 0 Å². The highest BCUT2D eigenvalue weighted by Gasteiger charge is 2.46. The van der Waals surface area contributed by atoms with Crippen LogP contribution in [-0.4, -0.2) is 56.5 Å². The number of halogens is 1. The zero-order valence-electron chi connectivity index (χ0n) is 20.3. The summed E-state index contributed by atoms with van der Waals surface area (Å²) < 4.78 is 44.5. The van der Waals surface area contributed by atoms with Crippen LogP contribution < -0.4 is 9.80 Å². The maximum atomic E-state index is 14.9. The summed E-state index contributed by atoms with van der Waals surface area (Å²) in [4.78, 5) is 13.2. The third kappa shape index (κ3) is 4.17. The average Bonchev–Trinajstić information content (AvgIpc) is 3.33. The number of aromatic nitrogens is 2. The minimum atomic E-state index is -3.47. The molecule has 2 fully saturated rings. The van der Waals surface area contributed by atoms with E-state index in [9.17, 15) is 12.8 Å². The molecule has 0 amide bonds. The second-order valence-corrected chi connectivity index (χ2v) is 12.9. The lowest BCUT2D eigenvalue weighted by Crippen LogP contribution is -2.40. The Labute approximate surface area is 201 Å². The molecule has 0 unspecified atom stereocenters. The molecule has 7 nitrogen and oxygen atoms in total. The molecule has 0 bridgehead atoms. The first-order chi connectivity index (χ1) is 16.0. The Balaban J connectivity index is 1.36. The quantitative estimate of drug-likeness (QED) is 0.636.